The molecule has 3 rings (SSSR count). The number of imidazole rings is 1. The molecule has 0 unspecified atom stereocenters. The summed E-state index contributed by atoms with van der Waals surface area (Å²) in [6.45, 7) is 0.675. The maximum Gasteiger partial charge on any atom is 0.160 e. The van der Waals surface area contributed by atoms with Gasteiger partial charge in [-0.25, -0.2) is 9.97 Å². The maximum atomic E-state index is 5.98. The lowest BCUT2D eigenvalue weighted by Crippen LogP contribution is -2.06. The predicted octanol–water partition coefficient (Wildman–Crippen LogP) is 4.57. The number of aryl methyl sites for hydroxylation is 1. The Morgan fingerprint density at radius 1 is 1.05 bits per heavy atom. The van der Waals surface area contributed by atoms with Gasteiger partial charge < -0.3 is 4.57 Å². The largest absolute Gasteiger partial charge is 0.308 e. The van der Waals surface area contributed by atoms with Crippen molar-refractivity contribution in [3.05, 3.63) is 58.0 Å². The Bertz CT molecular complexity index is 766. The predicted molar refractivity (Wildman–Crippen MR) is 87.5 cm³/mol. The summed E-state index contributed by atoms with van der Waals surface area (Å²) in [5, 5.41) is 1.30. The smallest absolute Gasteiger partial charge is 0.160 e. The first-order valence-electron chi connectivity index (χ1n) is 6.48. The molecular formula is C15H12Cl3N3. The van der Waals surface area contributed by atoms with Gasteiger partial charge in [-0.3, -0.25) is 0 Å². The highest BCUT2D eigenvalue weighted by molar-refractivity contribution is 6.31. The molecule has 0 aliphatic carbocycles. The third-order valence-corrected chi connectivity index (χ3v) is 3.85. The van der Waals surface area contributed by atoms with Gasteiger partial charge in [-0.05, 0) is 23.8 Å². The third kappa shape index (κ3) is 3.15. The van der Waals surface area contributed by atoms with Gasteiger partial charge in [0, 0.05) is 23.5 Å². The Kier molecular flexibility index (Phi) is 4.34. The van der Waals surface area contributed by atoms with Crippen LogP contribution in [0.2, 0.25) is 10.0 Å². The third-order valence-electron chi connectivity index (χ3n) is 3.20. The fraction of sp³-hybridized carbons (Fsp3) is 0.200. The van der Waals surface area contributed by atoms with Gasteiger partial charge in [-0.15, -0.1) is 11.6 Å². The molecule has 0 amide bonds. The van der Waals surface area contributed by atoms with E-state index in [1.54, 1.807) is 6.20 Å². The Hall–Kier alpha value is -1.29. The summed E-state index contributed by atoms with van der Waals surface area (Å²) in [7, 11) is 0. The van der Waals surface area contributed by atoms with Crippen LogP contribution in [0.3, 0.4) is 0 Å². The first-order chi connectivity index (χ1) is 10.2. The lowest BCUT2D eigenvalue weighted by atomic mass is 10.2. The van der Waals surface area contributed by atoms with Gasteiger partial charge >= 0.3 is 0 Å². The SMILES string of the molecule is ClCCc1nc2cc(Cl)cnc2n1Cc1ccc(Cl)cc1. The first-order valence-corrected chi connectivity index (χ1v) is 7.77. The molecule has 0 saturated carbocycles. The van der Waals surface area contributed by atoms with Crippen LogP contribution in [-0.4, -0.2) is 20.4 Å². The van der Waals surface area contributed by atoms with Crippen LogP contribution >= 0.6 is 34.8 Å². The molecule has 2 aromatic heterocycles. The zero-order chi connectivity index (χ0) is 14.8. The molecule has 3 aromatic rings. The van der Waals surface area contributed by atoms with Crippen molar-refractivity contribution in [2.24, 2.45) is 0 Å². The highest BCUT2D eigenvalue weighted by atomic mass is 35.5. The highest BCUT2D eigenvalue weighted by Crippen LogP contribution is 2.20. The minimum Gasteiger partial charge on any atom is -0.308 e. The second-order valence-electron chi connectivity index (χ2n) is 4.68. The van der Waals surface area contributed by atoms with Gasteiger partial charge in [-0.2, -0.15) is 0 Å². The van der Waals surface area contributed by atoms with E-state index in [9.17, 15) is 0 Å². The van der Waals surface area contributed by atoms with E-state index in [0.29, 0.717) is 23.9 Å². The second-order valence-corrected chi connectivity index (χ2v) is 5.93. The molecule has 0 aliphatic heterocycles. The van der Waals surface area contributed by atoms with Crippen LogP contribution in [-0.2, 0) is 13.0 Å². The van der Waals surface area contributed by atoms with E-state index in [2.05, 4.69) is 14.5 Å². The summed E-state index contributed by atoms with van der Waals surface area (Å²) >= 11 is 17.8. The molecule has 0 fully saturated rings. The van der Waals surface area contributed by atoms with E-state index in [4.69, 9.17) is 34.8 Å². The minimum atomic E-state index is 0.512. The van der Waals surface area contributed by atoms with Gasteiger partial charge in [0.1, 0.15) is 11.3 Å². The van der Waals surface area contributed by atoms with Crippen molar-refractivity contribution >= 4 is 46.0 Å². The summed E-state index contributed by atoms with van der Waals surface area (Å²) in [5.74, 6) is 1.42. The summed E-state index contributed by atoms with van der Waals surface area (Å²) in [6, 6.07) is 9.56. The van der Waals surface area contributed by atoms with Crippen molar-refractivity contribution in [1.82, 2.24) is 14.5 Å². The minimum absolute atomic E-state index is 0.512. The molecule has 0 saturated heterocycles. The maximum absolute atomic E-state index is 5.98. The number of nitrogens with zero attached hydrogens (tertiary/aromatic N) is 3. The molecular weight excluding hydrogens is 329 g/mol. The summed E-state index contributed by atoms with van der Waals surface area (Å²) in [6.07, 6.45) is 2.32. The molecule has 0 atom stereocenters. The van der Waals surface area contributed by atoms with Crippen molar-refractivity contribution in [2.75, 3.05) is 5.88 Å². The van der Waals surface area contributed by atoms with Crippen LogP contribution in [0.25, 0.3) is 11.2 Å². The lowest BCUT2D eigenvalue weighted by molar-refractivity contribution is 0.748. The van der Waals surface area contributed by atoms with Crippen LogP contribution in [0.5, 0.6) is 0 Å². The van der Waals surface area contributed by atoms with E-state index >= 15 is 0 Å². The van der Waals surface area contributed by atoms with Gasteiger partial charge in [0.25, 0.3) is 0 Å². The molecule has 3 nitrogen and oxygen atoms in total. The molecule has 2 heterocycles. The molecule has 0 bridgehead atoms. The van der Waals surface area contributed by atoms with Crippen LogP contribution in [0.1, 0.15) is 11.4 Å². The summed E-state index contributed by atoms with van der Waals surface area (Å²) in [5.41, 5.74) is 2.73. The van der Waals surface area contributed by atoms with Crippen LogP contribution in [0.15, 0.2) is 36.5 Å². The van der Waals surface area contributed by atoms with Gasteiger partial charge in [0.15, 0.2) is 5.65 Å². The van der Waals surface area contributed by atoms with Crippen LogP contribution in [0.4, 0.5) is 0 Å². The standard InChI is InChI=1S/C15H12Cl3N3/c16-6-5-14-20-13-7-12(18)8-19-15(13)21(14)9-10-1-3-11(17)4-2-10/h1-4,7-8H,5-6,9H2. The number of hydrogen-bond acceptors (Lipinski definition) is 2. The molecule has 0 aliphatic rings. The summed E-state index contributed by atoms with van der Waals surface area (Å²) in [4.78, 5) is 8.98. The quantitative estimate of drug-likeness (QED) is 0.651. The number of benzene rings is 1. The zero-order valence-electron chi connectivity index (χ0n) is 11.1. The van der Waals surface area contributed by atoms with Crippen molar-refractivity contribution in [1.29, 1.82) is 0 Å². The Morgan fingerprint density at radius 3 is 2.52 bits per heavy atom. The number of hydrogen-bond donors (Lipinski definition) is 0. The van der Waals surface area contributed by atoms with E-state index in [1.807, 2.05) is 30.3 Å². The average Bonchev–Trinajstić information content (AvgIpc) is 2.79. The van der Waals surface area contributed by atoms with Crippen LogP contribution in [0, 0.1) is 0 Å². The second kappa shape index (κ2) is 6.22. The molecule has 0 N–H and O–H groups in total. The van der Waals surface area contributed by atoms with Gasteiger partial charge in [0.05, 0.1) is 11.6 Å². The van der Waals surface area contributed by atoms with E-state index in [1.165, 1.54) is 0 Å². The Morgan fingerprint density at radius 2 is 1.81 bits per heavy atom. The number of alkyl halides is 1. The average molecular weight is 341 g/mol. The number of fused-ring (bicyclic) bond motifs is 1. The number of halogens is 3. The van der Waals surface area contributed by atoms with E-state index in [-0.39, 0.29) is 0 Å². The van der Waals surface area contributed by atoms with Crippen molar-refractivity contribution in [2.45, 2.75) is 13.0 Å². The molecule has 0 radical (unpaired) electrons. The van der Waals surface area contributed by atoms with Gasteiger partial charge in [0.2, 0.25) is 0 Å². The highest BCUT2D eigenvalue weighted by Gasteiger charge is 2.12. The number of rotatable bonds is 4. The van der Waals surface area contributed by atoms with Crippen molar-refractivity contribution in [3.8, 4) is 0 Å². The molecule has 1 aromatic carbocycles. The van der Waals surface area contributed by atoms with Crippen molar-refractivity contribution < 1.29 is 0 Å². The topological polar surface area (TPSA) is 30.7 Å². The van der Waals surface area contributed by atoms with E-state index < -0.39 is 0 Å². The van der Waals surface area contributed by atoms with Gasteiger partial charge in [-0.1, -0.05) is 35.3 Å². The molecule has 108 valence electrons. The number of pyridine rings is 1. The Balaban J connectivity index is 2.06. The number of aromatic nitrogens is 3. The van der Waals surface area contributed by atoms with Crippen molar-refractivity contribution in [3.63, 3.8) is 0 Å². The van der Waals surface area contributed by atoms with Crippen LogP contribution < -0.4 is 0 Å². The monoisotopic (exact) mass is 339 g/mol. The fourth-order valence-corrected chi connectivity index (χ4v) is 2.69. The zero-order valence-corrected chi connectivity index (χ0v) is 13.3. The molecule has 6 heteroatoms. The normalized spacial score (nSPS) is 11.2. The summed E-state index contributed by atoms with van der Waals surface area (Å²) < 4.78 is 2.07. The fourth-order valence-electron chi connectivity index (χ4n) is 2.25. The molecule has 21 heavy (non-hydrogen) atoms. The Labute approximate surface area is 137 Å². The van der Waals surface area contributed by atoms with E-state index in [0.717, 1.165) is 27.6 Å². The lowest BCUT2D eigenvalue weighted by Gasteiger charge is -2.08. The molecule has 0 spiro atoms. The first kappa shape index (κ1) is 14.6.